The number of fused-ring (bicyclic) bond motifs is 3. The van der Waals surface area contributed by atoms with Crippen LogP contribution in [-0.4, -0.2) is 4.98 Å². The number of nitrogens with zero attached hydrogens (tertiary/aromatic N) is 1. The average molecular weight is 560 g/mol. The third-order valence-corrected chi connectivity index (χ3v) is 11.2. The molecule has 0 aliphatic rings. The monoisotopic (exact) mass is 559 g/mol. The summed E-state index contributed by atoms with van der Waals surface area (Å²) in [6, 6.07) is 48.5. The molecule has 2 heteroatoms. The van der Waals surface area contributed by atoms with Crippen molar-refractivity contribution in [3.05, 3.63) is 139 Å². The standard InChI is InChI=1S/C40H34NP/c1-27-14-12-17-29(24-27)36-25-30(32-19-9-8-18-31(32)28-15-6-5-7-16-28)26-37(41-36)35-22-13-21-34-33-20-10-11-23-38(33)42(39(34)35)40(2,3)4/h5-26H,1-4H3. The van der Waals surface area contributed by atoms with E-state index in [0.29, 0.717) is 0 Å². The van der Waals surface area contributed by atoms with E-state index in [0.717, 1.165) is 17.0 Å². The summed E-state index contributed by atoms with van der Waals surface area (Å²) in [4.78, 5) is 5.41. The van der Waals surface area contributed by atoms with E-state index >= 15 is 0 Å². The summed E-state index contributed by atoms with van der Waals surface area (Å²) in [5.74, 6) is 0. The Morgan fingerprint density at radius 1 is 0.500 bits per heavy atom. The summed E-state index contributed by atoms with van der Waals surface area (Å²) in [6.07, 6.45) is 0. The van der Waals surface area contributed by atoms with Gasteiger partial charge in [-0.2, -0.15) is 0 Å². The summed E-state index contributed by atoms with van der Waals surface area (Å²) >= 11 is 0. The van der Waals surface area contributed by atoms with Crippen LogP contribution in [0.25, 0.3) is 65.8 Å². The molecule has 7 aromatic rings. The molecule has 1 unspecified atom stereocenters. The number of benzene rings is 5. The molecule has 0 spiro atoms. The predicted octanol–water partition coefficient (Wildman–Crippen LogP) is 12.1. The van der Waals surface area contributed by atoms with Gasteiger partial charge in [-0.1, -0.05) is 142 Å². The van der Waals surface area contributed by atoms with E-state index in [2.05, 4.69) is 161 Å². The largest absolute Gasteiger partial charge is 0.248 e. The second-order valence-corrected chi connectivity index (χ2v) is 15.1. The zero-order valence-electron chi connectivity index (χ0n) is 24.6. The number of hydrogen-bond acceptors (Lipinski definition) is 1. The van der Waals surface area contributed by atoms with Crippen LogP contribution in [0.4, 0.5) is 0 Å². The van der Waals surface area contributed by atoms with Crippen LogP contribution in [0.1, 0.15) is 26.3 Å². The maximum Gasteiger partial charge on any atom is 0.0725 e. The van der Waals surface area contributed by atoms with Gasteiger partial charge < -0.3 is 0 Å². The molecule has 0 saturated carbocycles. The molecular weight excluding hydrogens is 525 g/mol. The van der Waals surface area contributed by atoms with Gasteiger partial charge in [-0.3, -0.25) is 0 Å². The molecule has 204 valence electrons. The van der Waals surface area contributed by atoms with Crippen molar-refractivity contribution in [1.82, 2.24) is 4.98 Å². The lowest BCUT2D eigenvalue weighted by Gasteiger charge is -2.22. The summed E-state index contributed by atoms with van der Waals surface area (Å²) in [7, 11) is -0.578. The van der Waals surface area contributed by atoms with Gasteiger partial charge in [0.2, 0.25) is 0 Å². The van der Waals surface area contributed by atoms with Crippen molar-refractivity contribution in [2.24, 2.45) is 0 Å². The number of rotatable bonds is 4. The third kappa shape index (κ3) is 4.65. The van der Waals surface area contributed by atoms with Crippen LogP contribution in [0, 0.1) is 6.92 Å². The van der Waals surface area contributed by atoms with Gasteiger partial charge in [-0.05, 0) is 58.1 Å². The fourth-order valence-electron chi connectivity index (χ4n) is 6.30. The number of pyridine rings is 1. The Morgan fingerprint density at radius 2 is 1.10 bits per heavy atom. The molecule has 42 heavy (non-hydrogen) atoms. The molecule has 0 fully saturated rings. The summed E-state index contributed by atoms with van der Waals surface area (Å²) < 4.78 is 0. The van der Waals surface area contributed by atoms with Gasteiger partial charge in [0.1, 0.15) is 0 Å². The molecule has 7 rings (SSSR count). The van der Waals surface area contributed by atoms with Crippen molar-refractivity contribution in [3.8, 4) is 44.8 Å². The van der Waals surface area contributed by atoms with Crippen LogP contribution in [0.15, 0.2) is 133 Å². The summed E-state index contributed by atoms with van der Waals surface area (Å²) in [5.41, 5.74) is 10.5. The lowest BCUT2D eigenvalue weighted by atomic mass is 9.92. The molecule has 0 aliphatic carbocycles. The van der Waals surface area contributed by atoms with E-state index in [1.165, 1.54) is 54.4 Å². The van der Waals surface area contributed by atoms with E-state index in [4.69, 9.17) is 4.98 Å². The van der Waals surface area contributed by atoms with Crippen molar-refractivity contribution >= 4 is 28.5 Å². The Morgan fingerprint density at radius 3 is 1.86 bits per heavy atom. The highest BCUT2D eigenvalue weighted by atomic mass is 31.1. The molecule has 1 atom stereocenters. The van der Waals surface area contributed by atoms with E-state index < -0.39 is 7.53 Å². The molecular formula is C40H34NP. The van der Waals surface area contributed by atoms with Crippen LogP contribution < -0.4 is 0 Å². The fourth-order valence-corrected chi connectivity index (χ4v) is 9.47. The topological polar surface area (TPSA) is 12.9 Å². The Bertz CT molecular complexity index is 2080. The molecule has 0 aliphatic heterocycles. The van der Waals surface area contributed by atoms with E-state index in [1.54, 1.807) is 0 Å². The van der Waals surface area contributed by atoms with Crippen LogP contribution in [0.3, 0.4) is 0 Å². The molecule has 0 N–H and O–H groups in total. The van der Waals surface area contributed by atoms with Crippen LogP contribution in [-0.2, 0) is 5.16 Å². The Labute approximate surface area is 249 Å². The molecule has 0 bridgehead atoms. The normalized spacial score (nSPS) is 12.2. The first-order valence-electron chi connectivity index (χ1n) is 14.7. The molecule has 2 aromatic heterocycles. The Hall–Kier alpha value is -4.45. The van der Waals surface area contributed by atoms with E-state index in [-0.39, 0.29) is 5.16 Å². The molecule has 0 radical (unpaired) electrons. The third-order valence-electron chi connectivity index (χ3n) is 8.10. The first-order valence-corrected chi connectivity index (χ1v) is 16.0. The average Bonchev–Trinajstić information content (AvgIpc) is 3.37. The number of aromatic nitrogens is 1. The maximum absolute atomic E-state index is 5.41. The minimum Gasteiger partial charge on any atom is -0.248 e. The lowest BCUT2D eigenvalue weighted by Crippen LogP contribution is -2.00. The van der Waals surface area contributed by atoms with Gasteiger partial charge >= 0.3 is 0 Å². The maximum atomic E-state index is 5.41. The van der Waals surface area contributed by atoms with Crippen molar-refractivity contribution < 1.29 is 0 Å². The SMILES string of the molecule is Cc1cccc(-c2cc(-c3ccccc3-c3ccccc3)cc(-c3cccc4c5ccccc5p(C(C)(C)C)c34)n2)c1. The van der Waals surface area contributed by atoms with Gasteiger partial charge in [-0.15, -0.1) is 7.53 Å². The zero-order chi connectivity index (χ0) is 28.8. The van der Waals surface area contributed by atoms with Crippen molar-refractivity contribution in [1.29, 1.82) is 0 Å². The number of aryl methyl sites for hydroxylation is 1. The highest BCUT2D eigenvalue weighted by Crippen LogP contribution is 2.60. The van der Waals surface area contributed by atoms with Gasteiger partial charge in [0.25, 0.3) is 0 Å². The van der Waals surface area contributed by atoms with Crippen LogP contribution in [0.2, 0.25) is 0 Å². The lowest BCUT2D eigenvalue weighted by molar-refractivity contribution is 0.721. The molecule has 2 heterocycles. The van der Waals surface area contributed by atoms with Crippen molar-refractivity contribution in [3.63, 3.8) is 0 Å². The molecule has 0 saturated heterocycles. The Balaban J connectivity index is 1.56. The van der Waals surface area contributed by atoms with Crippen LogP contribution >= 0.6 is 7.53 Å². The van der Waals surface area contributed by atoms with Crippen LogP contribution in [0.5, 0.6) is 0 Å². The van der Waals surface area contributed by atoms with Gasteiger partial charge in [0.15, 0.2) is 0 Å². The predicted molar refractivity (Wildman–Crippen MR) is 183 cm³/mol. The second kappa shape index (κ2) is 10.4. The highest BCUT2D eigenvalue weighted by molar-refractivity contribution is 7.62. The van der Waals surface area contributed by atoms with Gasteiger partial charge in [0.05, 0.1) is 11.4 Å². The first kappa shape index (κ1) is 26.4. The zero-order valence-corrected chi connectivity index (χ0v) is 25.5. The van der Waals surface area contributed by atoms with Crippen molar-refractivity contribution in [2.75, 3.05) is 0 Å². The quantitative estimate of drug-likeness (QED) is 0.209. The van der Waals surface area contributed by atoms with Gasteiger partial charge in [-0.25, -0.2) is 4.98 Å². The number of hydrogen-bond donors (Lipinski definition) is 0. The fraction of sp³-hybridized carbons (Fsp3) is 0.125. The molecule has 1 nitrogen and oxygen atoms in total. The highest BCUT2D eigenvalue weighted by Gasteiger charge is 2.25. The minimum absolute atomic E-state index is 0.115. The smallest absolute Gasteiger partial charge is 0.0725 e. The van der Waals surface area contributed by atoms with Gasteiger partial charge in [0, 0.05) is 26.5 Å². The minimum atomic E-state index is -0.578. The van der Waals surface area contributed by atoms with Crippen molar-refractivity contribution in [2.45, 2.75) is 32.9 Å². The molecule has 0 amide bonds. The summed E-state index contributed by atoms with van der Waals surface area (Å²) in [6.45, 7) is 9.31. The first-order chi connectivity index (χ1) is 20.4. The molecule has 5 aromatic carbocycles. The Kier molecular flexibility index (Phi) is 6.57. The second-order valence-electron chi connectivity index (χ2n) is 12.1. The van der Waals surface area contributed by atoms with E-state index in [1.807, 2.05) is 0 Å². The van der Waals surface area contributed by atoms with E-state index in [9.17, 15) is 0 Å². The summed E-state index contributed by atoms with van der Waals surface area (Å²) in [5, 5.41) is 5.78.